The van der Waals surface area contributed by atoms with Crippen molar-refractivity contribution >= 4 is 17.8 Å². The minimum atomic E-state index is -1.14. The summed E-state index contributed by atoms with van der Waals surface area (Å²) in [5, 5.41) is 12.8. The molecule has 156 valence electrons. The van der Waals surface area contributed by atoms with E-state index in [1.807, 2.05) is 0 Å². The predicted octanol–water partition coefficient (Wildman–Crippen LogP) is 0.553. The molecule has 2 aliphatic rings. The van der Waals surface area contributed by atoms with E-state index in [2.05, 4.69) is 18.5 Å². The van der Waals surface area contributed by atoms with Crippen LogP contribution in [0.4, 0.5) is 0 Å². The molecule has 2 rings (SSSR count). The first kappa shape index (κ1) is 22.1. The van der Waals surface area contributed by atoms with Crippen LogP contribution in [-0.2, 0) is 23.9 Å². The fraction of sp³-hybridized carbons (Fsp3) is 0.650. The van der Waals surface area contributed by atoms with Crippen LogP contribution in [0.25, 0.3) is 0 Å². The monoisotopic (exact) mass is 394 g/mol. The molecule has 0 bridgehead atoms. The number of ether oxygens (including phenoxy) is 2. The molecule has 5 atom stereocenters. The predicted molar refractivity (Wildman–Crippen MR) is 102 cm³/mol. The van der Waals surface area contributed by atoms with Gasteiger partial charge >= 0.3 is 5.97 Å². The van der Waals surface area contributed by atoms with Crippen LogP contribution in [0, 0.1) is 5.92 Å². The zero-order valence-corrected chi connectivity index (χ0v) is 16.6. The Labute approximate surface area is 165 Å². The molecule has 1 aliphatic carbocycles. The zero-order valence-electron chi connectivity index (χ0n) is 16.6. The second-order valence-corrected chi connectivity index (χ2v) is 7.34. The molecule has 8 heteroatoms. The number of nitrogens with zero attached hydrogens (tertiary/aromatic N) is 1. The molecule has 28 heavy (non-hydrogen) atoms. The van der Waals surface area contributed by atoms with Crippen molar-refractivity contribution in [1.29, 1.82) is 0 Å². The number of nitrogens with one attached hydrogen (secondary N) is 1. The van der Waals surface area contributed by atoms with Crippen molar-refractivity contribution in [3.63, 3.8) is 0 Å². The third-order valence-electron chi connectivity index (χ3n) is 5.33. The number of aliphatic hydroxyl groups is 1. The maximum absolute atomic E-state index is 12.9. The van der Waals surface area contributed by atoms with Gasteiger partial charge in [-0.05, 0) is 26.2 Å². The summed E-state index contributed by atoms with van der Waals surface area (Å²) in [6, 6.07) is -0.866. The number of hydrogen-bond acceptors (Lipinski definition) is 6. The molecular formula is C20H30N2O6. The van der Waals surface area contributed by atoms with Crippen LogP contribution in [0.15, 0.2) is 25.3 Å². The topological polar surface area (TPSA) is 105 Å². The molecule has 1 saturated carbocycles. The highest BCUT2D eigenvalue weighted by atomic mass is 16.5. The van der Waals surface area contributed by atoms with Gasteiger partial charge in [0.2, 0.25) is 5.91 Å². The summed E-state index contributed by atoms with van der Waals surface area (Å²) in [7, 11) is 1.26. The quantitative estimate of drug-likeness (QED) is 0.319. The fourth-order valence-electron chi connectivity index (χ4n) is 3.59. The van der Waals surface area contributed by atoms with Gasteiger partial charge in [-0.1, -0.05) is 12.2 Å². The van der Waals surface area contributed by atoms with Crippen molar-refractivity contribution in [3.05, 3.63) is 25.3 Å². The lowest BCUT2D eigenvalue weighted by Crippen LogP contribution is -2.54. The number of β-amino-alcohol motifs (C(OH)–C–C–N with tert-alkyl or cyclic N) is 1. The number of methoxy groups -OCH3 is 1. The van der Waals surface area contributed by atoms with E-state index in [9.17, 15) is 19.5 Å². The van der Waals surface area contributed by atoms with Crippen molar-refractivity contribution in [3.8, 4) is 0 Å². The zero-order chi connectivity index (χ0) is 20.9. The van der Waals surface area contributed by atoms with Crippen LogP contribution < -0.4 is 5.32 Å². The lowest BCUT2D eigenvalue weighted by Gasteiger charge is -2.28. The number of hydrogen-bond donors (Lipinski definition) is 2. The highest BCUT2D eigenvalue weighted by molar-refractivity contribution is 5.95. The second kappa shape index (κ2) is 9.34. The highest BCUT2D eigenvalue weighted by Gasteiger charge is 2.61. The summed E-state index contributed by atoms with van der Waals surface area (Å²) in [6.07, 6.45) is 3.88. The van der Waals surface area contributed by atoms with Crippen molar-refractivity contribution in [2.75, 3.05) is 20.3 Å². The number of aliphatic hydroxyl groups excluding tert-OH is 1. The van der Waals surface area contributed by atoms with Gasteiger partial charge in [0.15, 0.2) is 0 Å². The Morgan fingerprint density at radius 2 is 2.11 bits per heavy atom. The van der Waals surface area contributed by atoms with Crippen molar-refractivity contribution in [1.82, 2.24) is 10.2 Å². The Balaban J connectivity index is 2.03. The molecular weight excluding hydrogens is 364 g/mol. The lowest BCUT2D eigenvalue weighted by molar-refractivity contribution is -0.150. The van der Waals surface area contributed by atoms with E-state index in [0.29, 0.717) is 13.0 Å². The molecule has 2 fully saturated rings. The number of likely N-dealkylation sites (tertiary alicyclic amines) is 1. The van der Waals surface area contributed by atoms with Crippen LogP contribution in [0.1, 0.15) is 32.6 Å². The number of carbonyl (C=O) groups excluding carboxylic acids is 3. The minimum absolute atomic E-state index is 0.0490. The van der Waals surface area contributed by atoms with Gasteiger partial charge in [-0.2, -0.15) is 0 Å². The van der Waals surface area contributed by atoms with E-state index in [1.54, 1.807) is 19.1 Å². The molecule has 0 spiro atoms. The molecule has 1 aliphatic heterocycles. The van der Waals surface area contributed by atoms with Crippen LogP contribution in [0.3, 0.4) is 0 Å². The van der Waals surface area contributed by atoms with Crippen molar-refractivity contribution < 1.29 is 29.0 Å². The van der Waals surface area contributed by atoms with Gasteiger partial charge in [0.05, 0.1) is 13.2 Å². The molecule has 8 nitrogen and oxygen atoms in total. The van der Waals surface area contributed by atoms with Crippen LogP contribution >= 0.6 is 0 Å². The van der Waals surface area contributed by atoms with Gasteiger partial charge in [0, 0.05) is 25.5 Å². The standard InChI is InChI=1S/C20H30N2O6/c1-5-7-8-9-28-13(3)18(25)22-12-15(23)10-16(22)17(24)21-20(19(26)27-4)11-14(20)6-2/h5-6,13-16,23H,1-2,7-12H2,3-4H3,(H,21,24)/t13-,14-,15+,16+,20-/m1/s1. The van der Waals surface area contributed by atoms with Crippen molar-refractivity contribution in [2.24, 2.45) is 5.92 Å². The summed E-state index contributed by atoms with van der Waals surface area (Å²) in [5.74, 6) is -1.61. The van der Waals surface area contributed by atoms with E-state index in [1.165, 1.54) is 12.0 Å². The van der Waals surface area contributed by atoms with E-state index in [-0.39, 0.29) is 24.8 Å². The molecule has 0 aromatic heterocycles. The smallest absolute Gasteiger partial charge is 0.332 e. The third kappa shape index (κ3) is 4.62. The average molecular weight is 394 g/mol. The summed E-state index contributed by atoms with van der Waals surface area (Å²) < 4.78 is 10.4. The Kier molecular flexibility index (Phi) is 7.37. The van der Waals surface area contributed by atoms with Gasteiger partial charge in [0.1, 0.15) is 17.7 Å². The molecule has 1 saturated heterocycles. The number of carbonyl (C=O) groups is 3. The SMILES string of the molecule is C=CCCCO[C@H](C)C(=O)N1C[C@@H](O)C[C@H]1C(=O)N[C@]1(C(=O)OC)C[C@H]1C=C. The highest BCUT2D eigenvalue weighted by Crippen LogP contribution is 2.45. The molecule has 0 unspecified atom stereocenters. The van der Waals surface area contributed by atoms with Crippen LogP contribution in [0.5, 0.6) is 0 Å². The van der Waals surface area contributed by atoms with Gasteiger partial charge in [-0.15, -0.1) is 13.2 Å². The maximum Gasteiger partial charge on any atom is 0.332 e. The Hall–Kier alpha value is -2.19. The Morgan fingerprint density at radius 3 is 2.68 bits per heavy atom. The molecule has 0 radical (unpaired) electrons. The van der Waals surface area contributed by atoms with Crippen LogP contribution in [0.2, 0.25) is 0 Å². The Bertz CT molecular complexity index is 636. The second-order valence-electron chi connectivity index (χ2n) is 7.34. The maximum atomic E-state index is 12.9. The average Bonchev–Trinajstić information content (AvgIpc) is 3.26. The fourth-order valence-corrected chi connectivity index (χ4v) is 3.59. The van der Waals surface area contributed by atoms with Gasteiger partial charge < -0.3 is 24.8 Å². The van der Waals surface area contributed by atoms with E-state index < -0.39 is 35.7 Å². The van der Waals surface area contributed by atoms with E-state index in [0.717, 1.165) is 12.8 Å². The molecule has 0 aromatic rings. The van der Waals surface area contributed by atoms with Gasteiger partial charge in [-0.3, -0.25) is 9.59 Å². The van der Waals surface area contributed by atoms with E-state index >= 15 is 0 Å². The molecule has 2 N–H and O–H groups in total. The van der Waals surface area contributed by atoms with Gasteiger partial charge in [0.25, 0.3) is 5.91 Å². The minimum Gasteiger partial charge on any atom is -0.467 e. The number of amides is 2. The first-order chi connectivity index (χ1) is 13.3. The first-order valence-corrected chi connectivity index (χ1v) is 9.54. The first-order valence-electron chi connectivity index (χ1n) is 9.54. The lowest BCUT2D eigenvalue weighted by atomic mass is 10.1. The Morgan fingerprint density at radius 1 is 1.39 bits per heavy atom. The normalized spacial score (nSPS) is 29.7. The summed E-state index contributed by atoms with van der Waals surface area (Å²) >= 11 is 0. The van der Waals surface area contributed by atoms with Crippen LogP contribution in [-0.4, -0.2) is 71.8 Å². The molecule has 0 aromatic carbocycles. The number of allylic oxidation sites excluding steroid dienone is 1. The molecule has 1 heterocycles. The van der Waals surface area contributed by atoms with E-state index in [4.69, 9.17) is 9.47 Å². The van der Waals surface area contributed by atoms with Gasteiger partial charge in [-0.25, -0.2) is 4.79 Å². The molecule has 2 amide bonds. The third-order valence-corrected chi connectivity index (χ3v) is 5.33. The number of rotatable bonds is 10. The summed E-state index contributed by atoms with van der Waals surface area (Å²) in [5.41, 5.74) is -1.14. The number of unbranched alkanes of at least 4 members (excludes halogenated alkanes) is 1. The summed E-state index contributed by atoms with van der Waals surface area (Å²) in [6.45, 7) is 9.38. The number of esters is 1. The largest absolute Gasteiger partial charge is 0.467 e. The van der Waals surface area contributed by atoms with Crippen molar-refractivity contribution in [2.45, 2.75) is 56.4 Å². The summed E-state index contributed by atoms with van der Waals surface area (Å²) in [4.78, 5) is 39.1.